The number of hydrogen-bond acceptors (Lipinski definition) is 3. The van der Waals surface area contributed by atoms with Crippen molar-refractivity contribution in [3.63, 3.8) is 0 Å². The zero-order valence-electron chi connectivity index (χ0n) is 19.7. The van der Waals surface area contributed by atoms with Crippen molar-refractivity contribution < 1.29 is 4.79 Å². The Balaban J connectivity index is 1.83. The molecule has 0 bridgehead atoms. The van der Waals surface area contributed by atoms with E-state index in [1.807, 2.05) is 41.3 Å². The molecule has 0 spiro atoms. The molecule has 1 aromatic heterocycles. The van der Waals surface area contributed by atoms with Gasteiger partial charge in [0, 0.05) is 23.7 Å². The molecule has 3 aromatic carbocycles. The molecule has 0 radical (unpaired) electrons. The predicted molar refractivity (Wildman–Crippen MR) is 139 cm³/mol. The highest BCUT2D eigenvalue weighted by Gasteiger charge is 2.32. The summed E-state index contributed by atoms with van der Waals surface area (Å²) in [5.74, 6) is 0.988. The van der Waals surface area contributed by atoms with Gasteiger partial charge in [0.1, 0.15) is 5.82 Å². The van der Waals surface area contributed by atoms with Gasteiger partial charge in [-0.15, -0.1) is 0 Å². The third-order valence-corrected chi connectivity index (χ3v) is 6.31. The van der Waals surface area contributed by atoms with E-state index in [0.29, 0.717) is 36.6 Å². The number of carbonyl (C=O) groups is 1. The van der Waals surface area contributed by atoms with Gasteiger partial charge in [-0.1, -0.05) is 67.9 Å². The molecule has 176 valence electrons. The van der Waals surface area contributed by atoms with Gasteiger partial charge in [0.15, 0.2) is 0 Å². The summed E-state index contributed by atoms with van der Waals surface area (Å²) in [6.45, 7) is 6.02. The van der Waals surface area contributed by atoms with E-state index in [0.717, 1.165) is 16.9 Å². The van der Waals surface area contributed by atoms with Crippen molar-refractivity contribution in [3.8, 4) is 0 Å². The van der Waals surface area contributed by atoms with Gasteiger partial charge in [-0.2, -0.15) is 0 Å². The standard InChI is InChI=1S/C28H31ClN4O/c1-20(2)26(32(18-8-17-30)28(34)22-13-15-23(29)16-14-22)27-31-24-11-6-7-12-25(24)33(27)19-21-9-4-3-5-10-21/h3-7,9-16,20,26H,8,17-19,30H2,1-2H3. The van der Waals surface area contributed by atoms with Crippen LogP contribution >= 0.6 is 11.6 Å². The first-order chi connectivity index (χ1) is 16.5. The smallest absolute Gasteiger partial charge is 0.254 e. The van der Waals surface area contributed by atoms with Gasteiger partial charge in [-0.25, -0.2) is 4.98 Å². The first-order valence-electron chi connectivity index (χ1n) is 11.7. The fourth-order valence-electron chi connectivity index (χ4n) is 4.44. The SMILES string of the molecule is CC(C)C(c1nc2ccccc2n1Cc1ccccc1)N(CCCN)C(=O)c1ccc(Cl)cc1. The van der Waals surface area contributed by atoms with Gasteiger partial charge in [0.2, 0.25) is 0 Å². The summed E-state index contributed by atoms with van der Waals surface area (Å²) in [6.07, 6.45) is 0.710. The lowest BCUT2D eigenvalue weighted by atomic mass is 9.99. The quantitative estimate of drug-likeness (QED) is 0.327. The van der Waals surface area contributed by atoms with E-state index in [-0.39, 0.29) is 17.9 Å². The zero-order chi connectivity index (χ0) is 24.1. The van der Waals surface area contributed by atoms with Crippen molar-refractivity contribution in [1.82, 2.24) is 14.5 Å². The van der Waals surface area contributed by atoms with Crippen LogP contribution in [0.4, 0.5) is 0 Å². The molecule has 4 rings (SSSR count). The molecular weight excluding hydrogens is 444 g/mol. The number of nitrogens with zero attached hydrogens (tertiary/aromatic N) is 3. The Kier molecular flexibility index (Phi) is 7.66. The summed E-state index contributed by atoms with van der Waals surface area (Å²) in [5.41, 5.74) is 9.65. The van der Waals surface area contributed by atoms with Crippen molar-refractivity contribution in [2.24, 2.45) is 11.7 Å². The summed E-state index contributed by atoms with van der Waals surface area (Å²) >= 11 is 6.08. The van der Waals surface area contributed by atoms with Gasteiger partial charge >= 0.3 is 0 Å². The van der Waals surface area contributed by atoms with Crippen LogP contribution in [-0.2, 0) is 6.54 Å². The highest BCUT2D eigenvalue weighted by atomic mass is 35.5. The molecule has 2 N–H and O–H groups in total. The van der Waals surface area contributed by atoms with E-state index in [2.05, 4.69) is 36.6 Å². The van der Waals surface area contributed by atoms with E-state index in [1.54, 1.807) is 24.3 Å². The highest BCUT2D eigenvalue weighted by molar-refractivity contribution is 6.30. The molecule has 6 heteroatoms. The Morgan fingerprint density at radius 3 is 2.35 bits per heavy atom. The number of rotatable bonds is 9. The number of para-hydroxylation sites is 2. The normalized spacial score (nSPS) is 12.3. The number of fused-ring (bicyclic) bond motifs is 1. The van der Waals surface area contributed by atoms with Crippen molar-refractivity contribution >= 4 is 28.5 Å². The summed E-state index contributed by atoms with van der Waals surface area (Å²) in [6, 6.07) is 25.4. The average Bonchev–Trinajstić information content (AvgIpc) is 3.19. The molecule has 1 unspecified atom stereocenters. The van der Waals surface area contributed by atoms with E-state index in [1.165, 1.54) is 5.56 Å². The lowest BCUT2D eigenvalue weighted by Crippen LogP contribution is -2.40. The molecule has 1 heterocycles. The number of benzene rings is 3. The summed E-state index contributed by atoms with van der Waals surface area (Å²) in [4.78, 5) is 20.8. The molecule has 34 heavy (non-hydrogen) atoms. The molecule has 0 aliphatic heterocycles. The number of aromatic nitrogens is 2. The van der Waals surface area contributed by atoms with E-state index in [9.17, 15) is 4.79 Å². The molecule has 4 aromatic rings. The third-order valence-electron chi connectivity index (χ3n) is 6.05. The van der Waals surface area contributed by atoms with Gasteiger partial charge in [-0.3, -0.25) is 4.79 Å². The summed E-state index contributed by atoms with van der Waals surface area (Å²) in [7, 11) is 0. The maximum absolute atomic E-state index is 13.8. The van der Waals surface area contributed by atoms with Crippen LogP contribution in [0.1, 0.15) is 48.1 Å². The van der Waals surface area contributed by atoms with Crippen LogP contribution in [0, 0.1) is 5.92 Å². The highest BCUT2D eigenvalue weighted by Crippen LogP contribution is 2.33. The Bertz CT molecular complexity index is 1230. The van der Waals surface area contributed by atoms with Crippen molar-refractivity contribution in [2.45, 2.75) is 32.9 Å². The van der Waals surface area contributed by atoms with Crippen molar-refractivity contribution in [2.75, 3.05) is 13.1 Å². The van der Waals surface area contributed by atoms with Crippen LogP contribution < -0.4 is 5.73 Å². The number of imidazole rings is 1. The van der Waals surface area contributed by atoms with Gasteiger partial charge in [0.05, 0.1) is 17.1 Å². The molecule has 0 aliphatic rings. The molecular formula is C28H31ClN4O. The first kappa shape index (κ1) is 24.0. The number of nitrogens with two attached hydrogens (primary N) is 1. The Labute approximate surface area is 206 Å². The lowest BCUT2D eigenvalue weighted by Gasteiger charge is -2.34. The summed E-state index contributed by atoms with van der Waals surface area (Å²) < 4.78 is 2.25. The molecule has 0 aliphatic carbocycles. The monoisotopic (exact) mass is 474 g/mol. The van der Waals surface area contributed by atoms with E-state index >= 15 is 0 Å². The minimum Gasteiger partial charge on any atom is -0.330 e. The Morgan fingerprint density at radius 2 is 1.68 bits per heavy atom. The average molecular weight is 475 g/mol. The maximum Gasteiger partial charge on any atom is 0.254 e. The fraction of sp³-hybridized carbons (Fsp3) is 0.286. The van der Waals surface area contributed by atoms with Crippen LogP contribution in [0.15, 0.2) is 78.9 Å². The molecule has 0 saturated heterocycles. The minimum absolute atomic E-state index is 0.0397. The molecule has 1 amide bonds. The first-order valence-corrected chi connectivity index (χ1v) is 12.1. The second-order valence-electron chi connectivity index (χ2n) is 8.87. The summed E-state index contributed by atoms with van der Waals surface area (Å²) in [5, 5.41) is 0.607. The van der Waals surface area contributed by atoms with Crippen LogP contribution in [0.5, 0.6) is 0 Å². The number of carbonyl (C=O) groups excluding carboxylic acids is 1. The van der Waals surface area contributed by atoms with E-state index in [4.69, 9.17) is 22.3 Å². The minimum atomic E-state index is -0.217. The Hall–Kier alpha value is -3.15. The van der Waals surface area contributed by atoms with Gasteiger partial charge < -0.3 is 15.2 Å². The van der Waals surface area contributed by atoms with Crippen LogP contribution in [0.2, 0.25) is 5.02 Å². The van der Waals surface area contributed by atoms with Gasteiger partial charge in [0.25, 0.3) is 5.91 Å². The van der Waals surface area contributed by atoms with Crippen LogP contribution in [0.3, 0.4) is 0 Å². The van der Waals surface area contributed by atoms with Crippen LogP contribution in [-0.4, -0.2) is 33.4 Å². The number of amides is 1. The molecule has 1 atom stereocenters. The number of halogens is 1. The zero-order valence-corrected chi connectivity index (χ0v) is 20.4. The Morgan fingerprint density at radius 1 is 1.00 bits per heavy atom. The predicted octanol–water partition coefficient (Wildman–Crippen LogP) is 5.93. The topological polar surface area (TPSA) is 64.2 Å². The molecule has 0 fully saturated rings. The van der Waals surface area contributed by atoms with Crippen molar-refractivity contribution in [1.29, 1.82) is 0 Å². The third kappa shape index (κ3) is 5.16. The second kappa shape index (κ2) is 10.9. The van der Waals surface area contributed by atoms with Crippen LogP contribution in [0.25, 0.3) is 11.0 Å². The fourth-order valence-corrected chi connectivity index (χ4v) is 4.56. The van der Waals surface area contributed by atoms with Crippen molar-refractivity contribution in [3.05, 3.63) is 101 Å². The molecule has 0 saturated carbocycles. The van der Waals surface area contributed by atoms with E-state index < -0.39 is 0 Å². The lowest BCUT2D eigenvalue weighted by molar-refractivity contribution is 0.0605. The second-order valence-corrected chi connectivity index (χ2v) is 9.30. The number of hydrogen-bond donors (Lipinski definition) is 1. The van der Waals surface area contributed by atoms with Gasteiger partial charge in [-0.05, 0) is 60.8 Å². The largest absolute Gasteiger partial charge is 0.330 e. The maximum atomic E-state index is 13.8. The molecule has 5 nitrogen and oxygen atoms in total.